The van der Waals surface area contributed by atoms with Crippen molar-refractivity contribution < 1.29 is 9.53 Å². The first-order valence-corrected chi connectivity index (χ1v) is 9.36. The number of ether oxygens (including phenoxy) is 1. The lowest BCUT2D eigenvalue weighted by Crippen LogP contribution is -2.38. The lowest BCUT2D eigenvalue weighted by atomic mass is 9.78. The molecule has 0 aromatic heterocycles. The van der Waals surface area contributed by atoms with Gasteiger partial charge in [0.2, 0.25) is 5.91 Å². The Labute approximate surface area is 160 Å². The first kappa shape index (κ1) is 18.5. The van der Waals surface area contributed by atoms with Crippen molar-refractivity contribution in [2.45, 2.75) is 31.1 Å². The Morgan fingerprint density at radius 1 is 1.15 bits per heavy atom. The normalized spacial score (nSPS) is 15.9. The van der Waals surface area contributed by atoms with Crippen LogP contribution in [0.5, 0.6) is 5.75 Å². The number of methoxy groups -OCH3 is 1. The van der Waals surface area contributed by atoms with Crippen LogP contribution in [0.15, 0.2) is 54.6 Å². The van der Waals surface area contributed by atoms with Gasteiger partial charge in [0, 0.05) is 23.1 Å². The molecule has 0 unspecified atom stereocenters. The zero-order valence-electron chi connectivity index (χ0n) is 15.0. The average molecular weight is 370 g/mol. The van der Waals surface area contributed by atoms with Crippen LogP contribution in [-0.4, -0.2) is 19.6 Å². The summed E-state index contributed by atoms with van der Waals surface area (Å²) >= 11 is 6.12. The van der Waals surface area contributed by atoms with Crippen molar-refractivity contribution in [1.82, 2.24) is 5.32 Å². The van der Waals surface area contributed by atoms with Crippen molar-refractivity contribution in [3.05, 3.63) is 70.8 Å². The molecule has 0 aliphatic heterocycles. The van der Waals surface area contributed by atoms with Gasteiger partial charge in [-0.15, -0.1) is 0 Å². The van der Waals surface area contributed by atoms with Crippen molar-refractivity contribution in [1.29, 1.82) is 0 Å². The molecule has 2 aromatic carbocycles. The maximum absolute atomic E-state index is 12.3. The number of nitrogens with one attached hydrogen (secondary N) is 1. The quantitative estimate of drug-likeness (QED) is 0.728. The van der Waals surface area contributed by atoms with Gasteiger partial charge in [0.25, 0.3) is 0 Å². The topological polar surface area (TPSA) is 38.3 Å². The summed E-state index contributed by atoms with van der Waals surface area (Å²) < 4.78 is 5.26. The third kappa shape index (κ3) is 4.28. The Kier molecular flexibility index (Phi) is 6.00. The van der Waals surface area contributed by atoms with Crippen LogP contribution in [0.3, 0.4) is 0 Å². The van der Waals surface area contributed by atoms with Crippen LogP contribution in [0.1, 0.15) is 36.8 Å². The Hall–Kier alpha value is -2.26. The van der Waals surface area contributed by atoms with E-state index in [1.807, 2.05) is 36.4 Å². The minimum Gasteiger partial charge on any atom is -0.497 e. The summed E-state index contributed by atoms with van der Waals surface area (Å²) in [6, 6.07) is 15.7. The molecule has 136 valence electrons. The van der Waals surface area contributed by atoms with Crippen molar-refractivity contribution in [2.75, 3.05) is 13.7 Å². The first-order valence-electron chi connectivity index (χ1n) is 8.98. The van der Waals surface area contributed by atoms with E-state index in [0.717, 1.165) is 24.2 Å². The second kappa shape index (κ2) is 8.41. The van der Waals surface area contributed by atoms with Crippen LogP contribution >= 0.6 is 11.6 Å². The third-order valence-corrected chi connectivity index (χ3v) is 5.53. The van der Waals surface area contributed by atoms with E-state index in [1.165, 1.54) is 18.4 Å². The van der Waals surface area contributed by atoms with Crippen LogP contribution in [0.25, 0.3) is 6.08 Å². The molecule has 1 saturated carbocycles. The smallest absolute Gasteiger partial charge is 0.244 e. The molecule has 3 nitrogen and oxygen atoms in total. The van der Waals surface area contributed by atoms with Crippen LogP contribution in [0, 0.1) is 0 Å². The number of hydrogen-bond acceptors (Lipinski definition) is 2. The zero-order valence-corrected chi connectivity index (χ0v) is 15.8. The highest BCUT2D eigenvalue weighted by Crippen LogP contribution is 2.41. The molecule has 1 amide bonds. The number of hydrogen-bond donors (Lipinski definition) is 1. The molecule has 26 heavy (non-hydrogen) atoms. The molecule has 0 heterocycles. The van der Waals surface area contributed by atoms with Crippen LogP contribution < -0.4 is 10.1 Å². The number of halogens is 1. The molecule has 0 atom stereocenters. The van der Waals surface area contributed by atoms with E-state index in [1.54, 1.807) is 19.3 Å². The van der Waals surface area contributed by atoms with Gasteiger partial charge in [0.15, 0.2) is 0 Å². The Morgan fingerprint density at radius 3 is 2.50 bits per heavy atom. The van der Waals surface area contributed by atoms with Gasteiger partial charge in [0.1, 0.15) is 5.75 Å². The molecule has 0 saturated heterocycles. The summed E-state index contributed by atoms with van der Waals surface area (Å²) in [6.07, 6.45) is 7.88. The van der Waals surface area contributed by atoms with E-state index >= 15 is 0 Å². The fraction of sp³-hybridized carbons (Fsp3) is 0.318. The molecule has 1 N–H and O–H groups in total. The predicted molar refractivity (Wildman–Crippen MR) is 107 cm³/mol. The molecule has 1 aliphatic carbocycles. The zero-order chi connectivity index (χ0) is 18.4. The summed E-state index contributed by atoms with van der Waals surface area (Å²) in [6.45, 7) is 0.644. The van der Waals surface area contributed by atoms with Crippen molar-refractivity contribution in [3.8, 4) is 5.75 Å². The maximum Gasteiger partial charge on any atom is 0.244 e. The fourth-order valence-corrected chi connectivity index (χ4v) is 3.85. The summed E-state index contributed by atoms with van der Waals surface area (Å²) in [5.74, 6) is 0.762. The van der Waals surface area contributed by atoms with Crippen molar-refractivity contribution in [2.24, 2.45) is 0 Å². The number of benzene rings is 2. The molecule has 0 spiro atoms. The minimum atomic E-state index is -0.0929. The summed E-state index contributed by atoms with van der Waals surface area (Å²) in [5, 5.41) is 3.72. The van der Waals surface area contributed by atoms with Crippen molar-refractivity contribution >= 4 is 23.6 Å². The molecular formula is C22H24ClNO2. The largest absolute Gasteiger partial charge is 0.497 e. The van der Waals surface area contributed by atoms with E-state index in [9.17, 15) is 4.79 Å². The lowest BCUT2D eigenvalue weighted by molar-refractivity contribution is -0.116. The molecule has 4 heteroatoms. The minimum absolute atomic E-state index is 0.0141. The summed E-state index contributed by atoms with van der Waals surface area (Å²) in [5.41, 5.74) is 2.13. The Balaban J connectivity index is 1.67. The van der Waals surface area contributed by atoms with Crippen LogP contribution in [0.2, 0.25) is 5.02 Å². The number of rotatable bonds is 6. The molecule has 3 rings (SSSR count). The monoisotopic (exact) mass is 369 g/mol. The summed E-state index contributed by atoms with van der Waals surface area (Å²) in [4.78, 5) is 12.3. The highest BCUT2D eigenvalue weighted by Gasteiger charge is 2.35. The van der Waals surface area contributed by atoms with Gasteiger partial charge < -0.3 is 10.1 Å². The predicted octanol–water partition coefficient (Wildman–Crippen LogP) is 4.99. The molecular weight excluding hydrogens is 346 g/mol. The second-order valence-corrected chi connectivity index (χ2v) is 7.20. The van der Waals surface area contributed by atoms with E-state index in [0.29, 0.717) is 11.6 Å². The molecule has 1 aliphatic rings. The molecule has 0 bridgehead atoms. The first-order chi connectivity index (χ1) is 12.6. The van der Waals surface area contributed by atoms with E-state index in [4.69, 9.17) is 16.3 Å². The third-order valence-electron chi connectivity index (χ3n) is 5.18. The number of carbonyl (C=O) groups excluding carboxylic acids is 1. The second-order valence-electron chi connectivity index (χ2n) is 6.79. The van der Waals surface area contributed by atoms with E-state index in [-0.39, 0.29) is 11.3 Å². The maximum atomic E-state index is 12.3. The highest BCUT2D eigenvalue weighted by atomic mass is 35.5. The Bertz CT molecular complexity index is 777. The van der Waals surface area contributed by atoms with Gasteiger partial charge in [-0.05, 0) is 48.2 Å². The van der Waals surface area contributed by atoms with Gasteiger partial charge >= 0.3 is 0 Å². The standard InChI is InChI=1S/C22H24ClNO2/c1-26-19-11-9-18(10-12-19)22(14-4-5-15-22)16-24-21(25)13-8-17-6-2-3-7-20(17)23/h2-3,6-13H,4-5,14-16H2,1H3,(H,24,25)/b13-8+. The number of carbonyl (C=O) groups is 1. The number of amides is 1. The molecule has 1 fully saturated rings. The van der Waals surface area contributed by atoms with Gasteiger partial charge in [-0.3, -0.25) is 4.79 Å². The molecule has 0 radical (unpaired) electrons. The van der Waals surface area contributed by atoms with Gasteiger partial charge in [-0.2, -0.15) is 0 Å². The molecule has 2 aromatic rings. The SMILES string of the molecule is COc1ccc(C2(CNC(=O)/C=C/c3ccccc3Cl)CCCC2)cc1. The average Bonchev–Trinajstić information content (AvgIpc) is 3.16. The van der Waals surface area contributed by atoms with Crippen LogP contribution in [0.4, 0.5) is 0 Å². The van der Waals surface area contributed by atoms with Gasteiger partial charge in [-0.25, -0.2) is 0 Å². The van der Waals surface area contributed by atoms with Crippen molar-refractivity contribution in [3.63, 3.8) is 0 Å². The fourth-order valence-electron chi connectivity index (χ4n) is 3.65. The van der Waals surface area contributed by atoms with E-state index < -0.39 is 0 Å². The lowest BCUT2D eigenvalue weighted by Gasteiger charge is -2.30. The van der Waals surface area contributed by atoms with Gasteiger partial charge in [-0.1, -0.05) is 54.8 Å². The van der Waals surface area contributed by atoms with E-state index in [2.05, 4.69) is 17.4 Å². The highest BCUT2D eigenvalue weighted by molar-refractivity contribution is 6.32. The summed E-state index contributed by atoms with van der Waals surface area (Å²) in [7, 11) is 1.67. The van der Waals surface area contributed by atoms with Gasteiger partial charge in [0.05, 0.1) is 7.11 Å². The Morgan fingerprint density at radius 2 is 1.85 bits per heavy atom. The van der Waals surface area contributed by atoms with Crippen LogP contribution in [-0.2, 0) is 10.2 Å².